The topological polar surface area (TPSA) is 49.3 Å². The first-order valence-electron chi connectivity index (χ1n) is 5.60. The van der Waals surface area contributed by atoms with Crippen molar-refractivity contribution >= 4 is 17.5 Å². The number of rotatable bonds is 4. The van der Waals surface area contributed by atoms with Crippen LogP contribution in [0.5, 0.6) is 5.75 Å². The van der Waals surface area contributed by atoms with Crippen LogP contribution >= 0.6 is 11.6 Å². The number of benzene rings is 1. The van der Waals surface area contributed by atoms with Gasteiger partial charge in [0.1, 0.15) is 5.75 Å². The molecule has 0 heterocycles. The Kier molecular flexibility index (Phi) is 4.40. The summed E-state index contributed by atoms with van der Waals surface area (Å²) in [6.07, 6.45) is 0.763. The summed E-state index contributed by atoms with van der Waals surface area (Å²) in [4.78, 5) is 12.1. The molecule has 0 radical (unpaired) electrons. The molecule has 2 N–H and O–H groups in total. The third-order valence-electron chi connectivity index (χ3n) is 2.95. The quantitative estimate of drug-likeness (QED) is 0.813. The van der Waals surface area contributed by atoms with Crippen LogP contribution in [-0.2, 0) is 0 Å². The Labute approximate surface area is 107 Å². The van der Waals surface area contributed by atoms with Crippen molar-refractivity contribution < 1.29 is 9.90 Å². The number of nitrogens with one attached hydrogen (secondary N) is 1. The molecule has 0 saturated heterocycles. The number of carbonyl (C=O) groups excluding carboxylic acids is 1. The molecule has 3 nitrogen and oxygen atoms in total. The minimum atomic E-state index is -0.400. The predicted molar refractivity (Wildman–Crippen MR) is 69.7 cm³/mol. The van der Waals surface area contributed by atoms with Crippen LogP contribution in [0.4, 0.5) is 0 Å². The number of carbonyl (C=O) groups is 1. The molecular formula is C13H18ClNO2. The fraction of sp³-hybridized carbons (Fsp3) is 0.462. The summed E-state index contributed by atoms with van der Waals surface area (Å²) in [5.41, 5.74) is 0.909. The van der Waals surface area contributed by atoms with Crippen molar-refractivity contribution in [1.82, 2.24) is 5.32 Å². The maximum Gasteiger partial charge on any atom is 0.252 e. The van der Waals surface area contributed by atoms with Crippen LogP contribution in [0.2, 0.25) is 0 Å². The fourth-order valence-electron chi connectivity index (χ4n) is 1.46. The molecule has 0 spiro atoms. The van der Waals surface area contributed by atoms with E-state index in [1.807, 2.05) is 13.8 Å². The predicted octanol–water partition coefficient (Wildman–Crippen LogP) is 2.84. The second kappa shape index (κ2) is 5.41. The van der Waals surface area contributed by atoms with E-state index in [1.54, 1.807) is 19.1 Å². The molecule has 0 aromatic heterocycles. The van der Waals surface area contributed by atoms with Crippen LogP contribution < -0.4 is 5.32 Å². The first kappa shape index (κ1) is 13.8. The lowest BCUT2D eigenvalue weighted by Gasteiger charge is -2.27. The van der Waals surface area contributed by atoms with Gasteiger partial charge in [0, 0.05) is 11.4 Å². The lowest BCUT2D eigenvalue weighted by molar-refractivity contribution is 0.0912. The fourth-order valence-corrected chi connectivity index (χ4v) is 1.72. The number of alkyl halides is 1. The summed E-state index contributed by atoms with van der Waals surface area (Å²) >= 11 is 5.85. The van der Waals surface area contributed by atoms with E-state index in [9.17, 15) is 9.90 Å². The van der Waals surface area contributed by atoms with Gasteiger partial charge in [-0.2, -0.15) is 0 Å². The van der Waals surface area contributed by atoms with Gasteiger partial charge in [0.05, 0.1) is 5.54 Å². The number of hydrogen-bond donors (Lipinski definition) is 2. The average Bonchev–Trinajstić information content (AvgIpc) is 2.28. The summed E-state index contributed by atoms with van der Waals surface area (Å²) in [5.74, 6) is 0.369. The van der Waals surface area contributed by atoms with Crippen LogP contribution in [0.1, 0.15) is 36.2 Å². The molecule has 94 valence electrons. The smallest absolute Gasteiger partial charge is 0.252 e. The van der Waals surface area contributed by atoms with E-state index in [-0.39, 0.29) is 11.7 Å². The highest BCUT2D eigenvalue weighted by Crippen LogP contribution is 2.18. The van der Waals surface area contributed by atoms with E-state index in [2.05, 4.69) is 5.32 Å². The minimum Gasteiger partial charge on any atom is -0.508 e. The van der Waals surface area contributed by atoms with Gasteiger partial charge in [0.2, 0.25) is 0 Å². The summed E-state index contributed by atoms with van der Waals surface area (Å²) < 4.78 is 0. The Morgan fingerprint density at radius 1 is 1.53 bits per heavy atom. The van der Waals surface area contributed by atoms with Gasteiger partial charge in [0.25, 0.3) is 5.91 Å². The summed E-state index contributed by atoms with van der Waals surface area (Å²) in [5, 5.41) is 12.2. The zero-order chi connectivity index (χ0) is 13.1. The van der Waals surface area contributed by atoms with Crippen molar-refractivity contribution in [2.75, 3.05) is 5.88 Å². The van der Waals surface area contributed by atoms with Crippen LogP contribution in [0.3, 0.4) is 0 Å². The third-order valence-corrected chi connectivity index (χ3v) is 3.54. The number of aromatic hydroxyl groups is 1. The van der Waals surface area contributed by atoms with Gasteiger partial charge in [-0.05, 0) is 44.0 Å². The van der Waals surface area contributed by atoms with Crippen molar-refractivity contribution in [3.05, 3.63) is 29.3 Å². The van der Waals surface area contributed by atoms with Crippen molar-refractivity contribution in [2.24, 2.45) is 0 Å². The van der Waals surface area contributed by atoms with Crippen molar-refractivity contribution in [3.63, 3.8) is 0 Å². The second-order valence-corrected chi connectivity index (χ2v) is 4.77. The first-order valence-corrected chi connectivity index (χ1v) is 6.13. The zero-order valence-corrected chi connectivity index (χ0v) is 11.1. The highest BCUT2D eigenvalue weighted by Gasteiger charge is 2.24. The summed E-state index contributed by atoms with van der Waals surface area (Å²) in [6, 6.07) is 4.69. The number of phenolic OH excluding ortho intramolecular Hbond substituents is 1. The Bertz CT molecular complexity index is 414. The average molecular weight is 256 g/mol. The van der Waals surface area contributed by atoms with Gasteiger partial charge >= 0.3 is 0 Å². The SMILES string of the molecule is CCC(C)(CCl)NC(=O)c1ccc(O)cc1C. The molecule has 0 aliphatic carbocycles. The van der Waals surface area contributed by atoms with E-state index in [4.69, 9.17) is 11.6 Å². The molecule has 1 amide bonds. The lowest BCUT2D eigenvalue weighted by atomic mass is 10.00. The molecule has 1 aromatic carbocycles. The van der Waals surface area contributed by atoms with Gasteiger partial charge in [-0.1, -0.05) is 6.92 Å². The van der Waals surface area contributed by atoms with Gasteiger partial charge in [-0.3, -0.25) is 4.79 Å². The first-order chi connectivity index (χ1) is 7.91. The van der Waals surface area contributed by atoms with E-state index in [0.717, 1.165) is 12.0 Å². The maximum absolute atomic E-state index is 12.1. The largest absolute Gasteiger partial charge is 0.508 e. The molecule has 4 heteroatoms. The Hall–Kier alpha value is -1.22. The van der Waals surface area contributed by atoms with Crippen molar-refractivity contribution in [3.8, 4) is 5.75 Å². The Balaban J connectivity index is 2.90. The van der Waals surface area contributed by atoms with Crippen molar-refractivity contribution in [1.29, 1.82) is 0 Å². The van der Waals surface area contributed by atoms with Gasteiger partial charge in [-0.15, -0.1) is 11.6 Å². The molecule has 0 aliphatic rings. The van der Waals surface area contributed by atoms with Gasteiger partial charge in [0.15, 0.2) is 0 Å². The molecule has 1 atom stereocenters. The number of halogens is 1. The Morgan fingerprint density at radius 2 is 2.18 bits per heavy atom. The van der Waals surface area contributed by atoms with E-state index in [0.29, 0.717) is 11.4 Å². The summed E-state index contributed by atoms with van der Waals surface area (Å²) in [6.45, 7) is 5.68. The van der Waals surface area contributed by atoms with E-state index < -0.39 is 5.54 Å². The zero-order valence-electron chi connectivity index (χ0n) is 10.4. The summed E-state index contributed by atoms with van der Waals surface area (Å²) in [7, 11) is 0. The molecule has 0 aliphatic heterocycles. The second-order valence-electron chi connectivity index (χ2n) is 4.50. The van der Waals surface area contributed by atoms with Crippen LogP contribution in [0.15, 0.2) is 18.2 Å². The number of hydrogen-bond acceptors (Lipinski definition) is 2. The lowest BCUT2D eigenvalue weighted by Crippen LogP contribution is -2.47. The molecule has 1 unspecified atom stereocenters. The molecule has 17 heavy (non-hydrogen) atoms. The maximum atomic E-state index is 12.1. The van der Waals surface area contributed by atoms with Crippen LogP contribution in [0.25, 0.3) is 0 Å². The number of amides is 1. The van der Waals surface area contributed by atoms with Gasteiger partial charge < -0.3 is 10.4 Å². The highest BCUT2D eigenvalue weighted by atomic mass is 35.5. The Morgan fingerprint density at radius 3 is 2.65 bits per heavy atom. The molecule has 1 rings (SSSR count). The van der Waals surface area contributed by atoms with Crippen LogP contribution in [-0.4, -0.2) is 22.4 Å². The van der Waals surface area contributed by atoms with Crippen molar-refractivity contribution in [2.45, 2.75) is 32.7 Å². The number of phenols is 1. The number of aryl methyl sites for hydroxylation is 1. The highest BCUT2D eigenvalue weighted by molar-refractivity contribution is 6.18. The normalized spacial score (nSPS) is 14.1. The minimum absolute atomic E-state index is 0.160. The van der Waals surface area contributed by atoms with Crippen LogP contribution in [0, 0.1) is 6.92 Å². The van der Waals surface area contributed by atoms with E-state index >= 15 is 0 Å². The van der Waals surface area contributed by atoms with E-state index in [1.165, 1.54) is 6.07 Å². The molecule has 1 aromatic rings. The standard InChI is InChI=1S/C13H18ClNO2/c1-4-13(3,8-14)15-12(17)11-6-5-10(16)7-9(11)2/h5-7,16H,4,8H2,1-3H3,(H,15,17). The molecule has 0 saturated carbocycles. The molecular weight excluding hydrogens is 238 g/mol. The molecule has 0 bridgehead atoms. The molecule has 0 fully saturated rings. The monoisotopic (exact) mass is 255 g/mol. The van der Waals surface area contributed by atoms with Gasteiger partial charge in [-0.25, -0.2) is 0 Å². The third kappa shape index (κ3) is 3.37.